The van der Waals surface area contributed by atoms with Gasteiger partial charge in [0.25, 0.3) is 0 Å². The molecule has 8 nitrogen and oxygen atoms in total. The van der Waals surface area contributed by atoms with Gasteiger partial charge in [-0.15, -0.1) is 0 Å². The average molecular weight is 426 g/mol. The van der Waals surface area contributed by atoms with Crippen molar-refractivity contribution in [2.24, 2.45) is 0 Å². The fourth-order valence-corrected chi connectivity index (χ4v) is 5.42. The molecular formula is C18H23N3O5S2. The molecule has 0 radical (unpaired) electrons. The topological polar surface area (TPSA) is 96.9 Å². The van der Waals surface area contributed by atoms with Crippen LogP contribution in [0.1, 0.15) is 5.69 Å². The van der Waals surface area contributed by atoms with Crippen LogP contribution < -0.4 is 0 Å². The van der Waals surface area contributed by atoms with Crippen LogP contribution in [0.4, 0.5) is 0 Å². The average Bonchev–Trinajstić information content (AvgIpc) is 2.73. The third-order valence-corrected chi connectivity index (χ3v) is 8.33. The number of hydrogen-bond acceptors (Lipinski definition) is 6. The fraction of sp³-hybridized carbons (Fsp3) is 0.389. The van der Waals surface area contributed by atoms with Gasteiger partial charge in [-0.05, 0) is 36.4 Å². The van der Waals surface area contributed by atoms with Gasteiger partial charge in [-0.2, -0.15) is 4.31 Å². The van der Waals surface area contributed by atoms with E-state index in [0.29, 0.717) is 32.7 Å². The number of aromatic nitrogens is 1. The molecule has 1 saturated heterocycles. The van der Waals surface area contributed by atoms with Crippen molar-refractivity contribution in [3.8, 4) is 0 Å². The highest BCUT2D eigenvalue weighted by atomic mass is 32.2. The maximum absolute atomic E-state index is 12.7. The van der Waals surface area contributed by atoms with Crippen LogP contribution in [0.2, 0.25) is 0 Å². The number of ether oxygens (including phenoxy) is 1. The van der Waals surface area contributed by atoms with Gasteiger partial charge in [-0.3, -0.25) is 4.98 Å². The van der Waals surface area contributed by atoms with E-state index in [0.717, 1.165) is 5.69 Å². The number of likely N-dealkylation sites (N-methyl/N-ethyl adjacent to an activating group) is 1. The third-order valence-electron chi connectivity index (χ3n) is 4.55. The van der Waals surface area contributed by atoms with Gasteiger partial charge in [0, 0.05) is 45.0 Å². The lowest BCUT2D eigenvalue weighted by Gasteiger charge is -2.26. The Bertz CT molecular complexity index is 987. The largest absolute Gasteiger partial charge is 0.379 e. The van der Waals surface area contributed by atoms with Gasteiger partial charge in [0.2, 0.25) is 20.0 Å². The molecule has 0 spiro atoms. The molecule has 0 N–H and O–H groups in total. The summed E-state index contributed by atoms with van der Waals surface area (Å²) in [5.74, 6) is 0. The smallest absolute Gasteiger partial charge is 0.243 e. The second kappa shape index (κ2) is 8.66. The van der Waals surface area contributed by atoms with Crippen molar-refractivity contribution < 1.29 is 21.6 Å². The lowest BCUT2D eigenvalue weighted by atomic mass is 10.3. The first kappa shape index (κ1) is 20.9. The number of pyridine rings is 1. The highest BCUT2D eigenvalue weighted by Crippen LogP contribution is 2.21. The van der Waals surface area contributed by atoms with Crippen LogP contribution >= 0.6 is 0 Å². The van der Waals surface area contributed by atoms with Gasteiger partial charge in [0.1, 0.15) is 0 Å². The lowest BCUT2D eigenvalue weighted by Crippen LogP contribution is -2.40. The van der Waals surface area contributed by atoms with E-state index in [1.807, 2.05) is 12.1 Å². The van der Waals surface area contributed by atoms with Gasteiger partial charge in [0.15, 0.2) is 0 Å². The summed E-state index contributed by atoms with van der Waals surface area (Å²) in [6, 6.07) is 10.8. The summed E-state index contributed by atoms with van der Waals surface area (Å²) < 4.78 is 58.6. The van der Waals surface area contributed by atoms with E-state index in [2.05, 4.69) is 4.98 Å². The Morgan fingerprint density at radius 1 is 1.00 bits per heavy atom. The lowest BCUT2D eigenvalue weighted by molar-refractivity contribution is 0.0730. The minimum Gasteiger partial charge on any atom is -0.379 e. The second-order valence-electron chi connectivity index (χ2n) is 6.39. The molecule has 1 aliphatic rings. The van der Waals surface area contributed by atoms with E-state index in [4.69, 9.17) is 4.74 Å². The minimum absolute atomic E-state index is 0.0527. The van der Waals surface area contributed by atoms with Crippen LogP contribution in [0.15, 0.2) is 58.5 Å². The molecule has 0 bridgehead atoms. The van der Waals surface area contributed by atoms with E-state index in [1.54, 1.807) is 12.3 Å². The third kappa shape index (κ3) is 4.58. The highest BCUT2D eigenvalue weighted by Gasteiger charge is 2.27. The number of nitrogens with zero attached hydrogens (tertiary/aromatic N) is 3. The summed E-state index contributed by atoms with van der Waals surface area (Å²) in [6.45, 7) is 1.56. The number of sulfonamides is 2. The van der Waals surface area contributed by atoms with Crippen LogP contribution in [-0.4, -0.2) is 70.3 Å². The van der Waals surface area contributed by atoms with Crippen molar-refractivity contribution in [1.82, 2.24) is 13.6 Å². The van der Waals surface area contributed by atoms with E-state index in [1.165, 1.54) is 39.9 Å². The highest BCUT2D eigenvalue weighted by molar-refractivity contribution is 7.89. The fourth-order valence-electron chi connectivity index (χ4n) is 2.84. The van der Waals surface area contributed by atoms with Gasteiger partial charge >= 0.3 is 0 Å². The zero-order chi connectivity index (χ0) is 20.2. The van der Waals surface area contributed by atoms with Crippen LogP contribution in [0, 0.1) is 0 Å². The van der Waals surface area contributed by atoms with Crippen LogP contribution in [0.5, 0.6) is 0 Å². The molecule has 0 unspecified atom stereocenters. The molecule has 1 fully saturated rings. The number of hydrogen-bond donors (Lipinski definition) is 0. The summed E-state index contributed by atoms with van der Waals surface area (Å²) in [5.41, 5.74) is 0.802. The first-order valence-electron chi connectivity index (χ1n) is 8.86. The number of rotatable bonds is 7. The minimum atomic E-state index is -3.72. The molecular weight excluding hydrogens is 402 g/mol. The Morgan fingerprint density at radius 3 is 2.25 bits per heavy atom. The molecule has 3 rings (SSSR count). The normalized spacial score (nSPS) is 16.4. The van der Waals surface area contributed by atoms with Crippen LogP contribution in [0.25, 0.3) is 0 Å². The Hall–Kier alpha value is -1.85. The summed E-state index contributed by atoms with van der Waals surface area (Å²) in [4.78, 5) is 4.31. The molecule has 0 amide bonds. The molecule has 152 valence electrons. The van der Waals surface area contributed by atoms with Gasteiger partial charge in [0.05, 0.1) is 23.0 Å². The monoisotopic (exact) mass is 425 g/mol. The zero-order valence-corrected chi connectivity index (χ0v) is 17.2. The molecule has 10 heteroatoms. The van der Waals surface area contributed by atoms with Crippen molar-refractivity contribution in [1.29, 1.82) is 0 Å². The van der Waals surface area contributed by atoms with Crippen molar-refractivity contribution in [3.05, 3.63) is 54.4 Å². The molecule has 0 atom stereocenters. The maximum Gasteiger partial charge on any atom is 0.243 e. The Balaban J connectivity index is 1.72. The Labute approximate surface area is 165 Å². The van der Waals surface area contributed by atoms with Crippen molar-refractivity contribution in [3.63, 3.8) is 0 Å². The van der Waals surface area contributed by atoms with E-state index in [-0.39, 0.29) is 16.3 Å². The molecule has 28 heavy (non-hydrogen) atoms. The molecule has 1 aromatic heterocycles. The van der Waals surface area contributed by atoms with Gasteiger partial charge in [-0.25, -0.2) is 21.1 Å². The van der Waals surface area contributed by atoms with Crippen molar-refractivity contribution >= 4 is 20.0 Å². The standard InChI is InChI=1S/C18H23N3O5S2/c1-20(11-9-16-4-2-3-10-19-16)27(22,23)17-5-7-18(8-6-17)28(24,25)21-12-14-26-15-13-21/h2-8,10H,9,11-15H2,1H3. The maximum atomic E-state index is 12.7. The molecule has 1 aromatic carbocycles. The number of morpholine rings is 1. The van der Waals surface area contributed by atoms with E-state index >= 15 is 0 Å². The molecule has 0 aliphatic carbocycles. The summed E-state index contributed by atoms with van der Waals surface area (Å²) in [5, 5.41) is 0. The second-order valence-corrected chi connectivity index (χ2v) is 10.4. The SMILES string of the molecule is CN(CCc1ccccn1)S(=O)(=O)c1ccc(S(=O)(=O)N2CCOCC2)cc1. The van der Waals surface area contributed by atoms with E-state index in [9.17, 15) is 16.8 Å². The molecule has 2 aromatic rings. The molecule has 1 aliphatic heterocycles. The van der Waals surface area contributed by atoms with Crippen molar-refractivity contribution in [2.75, 3.05) is 39.9 Å². The zero-order valence-electron chi connectivity index (χ0n) is 15.6. The predicted octanol–water partition coefficient (Wildman–Crippen LogP) is 0.966. The first-order valence-corrected chi connectivity index (χ1v) is 11.7. The van der Waals surface area contributed by atoms with Crippen molar-refractivity contribution in [2.45, 2.75) is 16.2 Å². The Morgan fingerprint density at radius 2 is 1.64 bits per heavy atom. The summed E-state index contributed by atoms with van der Waals surface area (Å²) in [6.07, 6.45) is 2.15. The summed E-state index contributed by atoms with van der Waals surface area (Å²) in [7, 11) is -5.88. The van der Waals surface area contributed by atoms with Gasteiger partial charge < -0.3 is 4.74 Å². The Kier molecular flexibility index (Phi) is 6.46. The first-order chi connectivity index (χ1) is 13.3. The van der Waals surface area contributed by atoms with Crippen LogP contribution in [0.3, 0.4) is 0 Å². The van der Waals surface area contributed by atoms with E-state index < -0.39 is 20.0 Å². The predicted molar refractivity (Wildman–Crippen MR) is 104 cm³/mol. The summed E-state index contributed by atoms with van der Waals surface area (Å²) >= 11 is 0. The molecule has 2 heterocycles. The number of benzene rings is 1. The van der Waals surface area contributed by atoms with Crippen LogP contribution in [-0.2, 0) is 31.2 Å². The quantitative estimate of drug-likeness (QED) is 0.656. The molecule has 0 saturated carbocycles. The van der Waals surface area contributed by atoms with Gasteiger partial charge in [-0.1, -0.05) is 6.07 Å².